The summed E-state index contributed by atoms with van der Waals surface area (Å²) < 4.78 is 19.8. The number of para-hydroxylation sites is 1. The fourth-order valence-electron chi connectivity index (χ4n) is 2.98. The maximum Gasteiger partial charge on any atom is 0.311 e. The number of nitrogens with zero attached hydrogens (tertiary/aromatic N) is 1. The minimum Gasteiger partial charge on any atom is -0.455 e. The van der Waals surface area contributed by atoms with Gasteiger partial charge in [-0.2, -0.15) is 0 Å². The van der Waals surface area contributed by atoms with E-state index in [1.165, 1.54) is 23.1 Å². The van der Waals surface area contributed by atoms with Gasteiger partial charge in [0, 0.05) is 23.1 Å². The first-order valence-electron chi connectivity index (χ1n) is 8.62. The Balaban J connectivity index is 1.54. The second-order valence-electron chi connectivity index (χ2n) is 6.47. The van der Waals surface area contributed by atoms with Gasteiger partial charge in [0.1, 0.15) is 5.82 Å². The van der Waals surface area contributed by atoms with Crippen LogP contribution in [-0.2, 0) is 19.1 Å². The lowest BCUT2D eigenvalue weighted by Gasteiger charge is -2.17. The van der Waals surface area contributed by atoms with Crippen LogP contribution in [0.25, 0.3) is 0 Å². The van der Waals surface area contributed by atoms with E-state index in [1.807, 2.05) is 13.0 Å². The SMILES string of the molecule is Cc1cc(Br)ccc1NC(=O)COC(=O)C1CC(=O)N(c2ccccc2F)C1. The van der Waals surface area contributed by atoms with Gasteiger partial charge in [-0.3, -0.25) is 14.4 Å². The molecule has 0 aliphatic carbocycles. The number of ether oxygens (including phenoxy) is 1. The third-order valence-corrected chi connectivity index (χ3v) is 4.90. The minimum absolute atomic E-state index is 0.0199. The molecule has 6 nitrogen and oxygen atoms in total. The summed E-state index contributed by atoms with van der Waals surface area (Å²) in [5.41, 5.74) is 1.60. The van der Waals surface area contributed by atoms with Crippen LogP contribution >= 0.6 is 15.9 Å². The van der Waals surface area contributed by atoms with Crippen molar-refractivity contribution in [3.8, 4) is 0 Å². The lowest BCUT2D eigenvalue weighted by atomic mass is 10.1. The predicted molar refractivity (Wildman–Crippen MR) is 105 cm³/mol. The highest BCUT2D eigenvalue weighted by atomic mass is 79.9. The fraction of sp³-hybridized carbons (Fsp3) is 0.250. The molecule has 0 saturated carbocycles. The summed E-state index contributed by atoms with van der Waals surface area (Å²) in [6.07, 6.45) is -0.0827. The lowest BCUT2D eigenvalue weighted by molar-refractivity contribution is -0.151. The van der Waals surface area contributed by atoms with Crippen LogP contribution in [0.1, 0.15) is 12.0 Å². The highest BCUT2D eigenvalue weighted by Crippen LogP contribution is 2.28. The number of nitrogens with one attached hydrogen (secondary N) is 1. The first kappa shape index (κ1) is 20.0. The van der Waals surface area contributed by atoms with Gasteiger partial charge in [0.2, 0.25) is 5.91 Å². The van der Waals surface area contributed by atoms with Crippen LogP contribution in [0.15, 0.2) is 46.9 Å². The zero-order valence-corrected chi connectivity index (χ0v) is 16.7. The summed E-state index contributed by atoms with van der Waals surface area (Å²) in [4.78, 5) is 37.7. The molecule has 0 spiro atoms. The molecule has 1 aliphatic rings. The summed E-state index contributed by atoms with van der Waals surface area (Å²) >= 11 is 3.34. The van der Waals surface area contributed by atoms with Gasteiger partial charge >= 0.3 is 5.97 Å². The number of hydrogen-bond acceptors (Lipinski definition) is 4. The summed E-state index contributed by atoms with van der Waals surface area (Å²) in [6.45, 7) is 1.40. The molecule has 1 heterocycles. The molecule has 1 fully saturated rings. The van der Waals surface area contributed by atoms with Crippen molar-refractivity contribution < 1.29 is 23.5 Å². The van der Waals surface area contributed by atoms with Crippen molar-refractivity contribution in [1.29, 1.82) is 0 Å². The fourth-order valence-corrected chi connectivity index (χ4v) is 3.45. The monoisotopic (exact) mass is 448 g/mol. The Bertz CT molecular complexity index is 934. The largest absolute Gasteiger partial charge is 0.455 e. The Hall–Kier alpha value is -2.74. The molecule has 28 heavy (non-hydrogen) atoms. The van der Waals surface area contributed by atoms with Crippen molar-refractivity contribution in [2.24, 2.45) is 5.92 Å². The van der Waals surface area contributed by atoms with E-state index in [0.717, 1.165) is 10.0 Å². The molecule has 1 saturated heterocycles. The highest BCUT2D eigenvalue weighted by molar-refractivity contribution is 9.10. The number of carbonyl (C=O) groups is 3. The van der Waals surface area contributed by atoms with Gasteiger partial charge in [-0.25, -0.2) is 4.39 Å². The second-order valence-corrected chi connectivity index (χ2v) is 7.39. The van der Waals surface area contributed by atoms with E-state index >= 15 is 0 Å². The van der Waals surface area contributed by atoms with Crippen molar-refractivity contribution >= 4 is 45.1 Å². The number of rotatable bonds is 5. The summed E-state index contributed by atoms with van der Waals surface area (Å²) in [6, 6.07) is 11.3. The first-order valence-corrected chi connectivity index (χ1v) is 9.42. The quantitative estimate of drug-likeness (QED) is 0.710. The molecule has 0 bridgehead atoms. The van der Waals surface area contributed by atoms with E-state index in [9.17, 15) is 18.8 Å². The summed E-state index contributed by atoms with van der Waals surface area (Å²) in [7, 11) is 0. The topological polar surface area (TPSA) is 75.7 Å². The van der Waals surface area contributed by atoms with E-state index in [2.05, 4.69) is 21.2 Å². The van der Waals surface area contributed by atoms with Gasteiger partial charge in [-0.15, -0.1) is 0 Å². The predicted octanol–water partition coefficient (Wildman–Crippen LogP) is 3.43. The van der Waals surface area contributed by atoms with Gasteiger partial charge in [-0.1, -0.05) is 28.1 Å². The van der Waals surface area contributed by atoms with Crippen LogP contribution in [0.4, 0.5) is 15.8 Å². The van der Waals surface area contributed by atoms with Crippen LogP contribution in [0.3, 0.4) is 0 Å². The molecule has 1 N–H and O–H groups in total. The van der Waals surface area contributed by atoms with E-state index in [0.29, 0.717) is 5.69 Å². The number of benzene rings is 2. The van der Waals surface area contributed by atoms with Crippen molar-refractivity contribution in [3.05, 3.63) is 58.3 Å². The standard InChI is InChI=1S/C20H18BrFN2O4/c1-12-8-14(21)6-7-16(12)23-18(25)11-28-20(27)13-9-19(26)24(10-13)17-5-3-2-4-15(17)22/h2-8,13H,9-11H2,1H3,(H,23,25). The molecule has 3 rings (SSSR count). The van der Waals surface area contributed by atoms with Crippen molar-refractivity contribution in [2.75, 3.05) is 23.4 Å². The molecule has 0 aromatic heterocycles. The number of halogens is 2. The average Bonchev–Trinajstić information content (AvgIpc) is 3.04. The Morgan fingerprint density at radius 2 is 2.04 bits per heavy atom. The van der Waals surface area contributed by atoms with Crippen LogP contribution < -0.4 is 10.2 Å². The summed E-state index contributed by atoms with van der Waals surface area (Å²) in [5.74, 6) is -2.77. The van der Waals surface area contributed by atoms with Crippen molar-refractivity contribution in [3.63, 3.8) is 0 Å². The van der Waals surface area contributed by atoms with E-state index < -0.39 is 30.2 Å². The lowest BCUT2D eigenvalue weighted by Crippen LogP contribution is -2.28. The van der Waals surface area contributed by atoms with Gasteiger partial charge in [-0.05, 0) is 42.8 Å². The Morgan fingerprint density at radius 1 is 1.29 bits per heavy atom. The number of amides is 2. The number of aryl methyl sites for hydroxylation is 1. The zero-order chi connectivity index (χ0) is 20.3. The smallest absolute Gasteiger partial charge is 0.311 e. The second kappa shape index (κ2) is 8.52. The molecule has 2 aromatic rings. The normalized spacial score (nSPS) is 16.2. The first-order chi connectivity index (χ1) is 13.3. The Kier molecular flexibility index (Phi) is 6.08. The average molecular weight is 449 g/mol. The minimum atomic E-state index is -0.741. The highest BCUT2D eigenvalue weighted by Gasteiger charge is 2.37. The molecular formula is C20H18BrFN2O4. The van der Waals surface area contributed by atoms with Crippen LogP contribution in [-0.4, -0.2) is 30.9 Å². The van der Waals surface area contributed by atoms with Crippen LogP contribution in [0.2, 0.25) is 0 Å². The maximum absolute atomic E-state index is 13.9. The maximum atomic E-state index is 13.9. The van der Waals surface area contributed by atoms with Gasteiger partial charge in [0.15, 0.2) is 6.61 Å². The van der Waals surface area contributed by atoms with Gasteiger partial charge < -0.3 is 15.0 Å². The molecule has 2 aromatic carbocycles. The van der Waals surface area contributed by atoms with Crippen molar-refractivity contribution in [1.82, 2.24) is 0 Å². The Labute approximate surface area is 169 Å². The summed E-state index contributed by atoms with van der Waals surface area (Å²) in [5, 5.41) is 2.67. The zero-order valence-electron chi connectivity index (χ0n) is 15.1. The number of esters is 1. The third-order valence-electron chi connectivity index (χ3n) is 4.41. The molecule has 1 atom stereocenters. The molecule has 146 valence electrons. The number of carbonyl (C=O) groups excluding carboxylic acids is 3. The van der Waals surface area contributed by atoms with Gasteiger partial charge in [0.05, 0.1) is 11.6 Å². The molecule has 0 radical (unpaired) electrons. The molecule has 1 unspecified atom stereocenters. The van der Waals surface area contributed by atoms with E-state index in [4.69, 9.17) is 4.74 Å². The number of hydrogen-bond donors (Lipinski definition) is 1. The number of anilines is 2. The van der Waals surface area contributed by atoms with Crippen LogP contribution in [0.5, 0.6) is 0 Å². The molecule has 8 heteroatoms. The third kappa shape index (κ3) is 4.56. The van der Waals surface area contributed by atoms with Gasteiger partial charge in [0.25, 0.3) is 5.91 Å². The molecule has 1 aliphatic heterocycles. The van der Waals surface area contributed by atoms with E-state index in [-0.39, 0.29) is 24.6 Å². The molecule has 2 amide bonds. The van der Waals surface area contributed by atoms with Crippen LogP contribution in [0, 0.1) is 18.7 Å². The van der Waals surface area contributed by atoms with E-state index in [1.54, 1.807) is 18.2 Å². The van der Waals surface area contributed by atoms with Crippen molar-refractivity contribution in [2.45, 2.75) is 13.3 Å². The molecular weight excluding hydrogens is 431 g/mol. The Morgan fingerprint density at radius 3 is 2.75 bits per heavy atom.